The van der Waals surface area contributed by atoms with E-state index in [2.05, 4.69) is 15.0 Å². The molecule has 0 aliphatic carbocycles. The van der Waals surface area contributed by atoms with Crippen molar-refractivity contribution in [3.63, 3.8) is 0 Å². The van der Waals surface area contributed by atoms with Crippen molar-refractivity contribution in [2.45, 2.75) is 32.4 Å². The highest BCUT2D eigenvalue weighted by molar-refractivity contribution is 5.92. The van der Waals surface area contributed by atoms with Crippen molar-refractivity contribution in [2.24, 2.45) is 0 Å². The Hall–Kier alpha value is -2.86. The molecule has 1 fully saturated rings. The fraction of sp³-hybridized carbons (Fsp3) is 0.300. The van der Waals surface area contributed by atoms with Crippen LogP contribution in [0.3, 0.4) is 0 Å². The molecule has 0 saturated carbocycles. The molecular weight excluding hydrogens is 328 g/mol. The molecule has 0 amide bonds. The SMILES string of the molecule is CC(=O)/C=C/c1ccc(-c2ncnc3c2ncn3C2CCCCO2)cc1. The van der Waals surface area contributed by atoms with Crippen molar-refractivity contribution in [1.82, 2.24) is 19.5 Å². The zero-order chi connectivity index (χ0) is 17.9. The van der Waals surface area contributed by atoms with Crippen molar-refractivity contribution >= 4 is 23.0 Å². The molecule has 0 radical (unpaired) electrons. The topological polar surface area (TPSA) is 69.9 Å². The van der Waals surface area contributed by atoms with Gasteiger partial charge in [-0.25, -0.2) is 15.0 Å². The largest absolute Gasteiger partial charge is 0.358 e. The average Bonchev–Trinajstić information content (AvgIpc) is 3.12. The minimum Gasteiger partial charge on any atom is -0.358 e. The van der Waals surface area contributed by atoms with Crippen molar-refractivity contribution in [2.75, 3.05) is 6.61 Å². The van der Waals surface area contributed by atoms with E-state index in [0.717, 1.165) is 53.9 Å². The number of carbonyl (C=O) groups is 1. The van der Waals surface area contributed by atoms with Gasteiger partial charge in [0.1, 0.15) is 23.8 Å². The molecule has 1 aliphatic heterocycles. The summed E-state index contributed by atoms with van der Waals surface area (Å²) in [6.07, 6.45) is 9.95. The number of hydrogen-bond acceptors (Lipinski definition) is 5. The Morgan fingerprint density at radius 1 is 1.19 bits per heavy atom. The van der Waals surface area contributed by atoms with Crippen LogP contribution in [0.4, 0.5) is 0 Å². The average molecular weight is 348 g/mol. The maximum absolute atomic E-state index is 11.1. The third-order valence-electron chi connectivity index (χ3n) is 4.52. The lowest BCUT2D eigenvalue weighted by molar-refractivity contribution is -0.112. The van der Waals surface area contributed by atoms with Crippen molar-refractivity contribution in [3.8, 4) is 11.3 Å². The molecule has 132 valence electrons. The lowest BCUT2D eigenvalue weighted by Gasteiger charge is -2.23. The van der Waals surface area contributed by atoms with Gasteiger partial charge in [0.05, 0.1) is 6.33 Å². The number of ketones is 1. The summed E-state index contributed by atoms with van der Waals surface area (Å²) in [5, 5.41) is 0. The maximum Gasteiger partial charge on any atom is 0.165 e. The van der Waals surface area contributed by atoms with Gasteiger partial charge in [-0.15, -0.1) is 0 Å². The molecule has 1 unspecified atom stereocenters. The van der Waals surface area contributed by atoms with Gasteiger partial charge >= 0.3 is 0 Å². The molecule has 1 atom stereocenters. The molecule has 26 heavy (non-hydrogen) atoms. The van der Waals surface area contributed by atoms with Crippen LogP contribution < -0.4 is 0 Å². The number of ether oxygens (including phenoxy) is 1. The van der Waals surface area contributed by atoms with E-state index in [0.29, 0.717) is 0 Å². The molecule has 0 spiro atoms. The van der Waals surface area contributed by atoms with Crippen LogP contribution in [-0.4, -0.2) is 31.9 Å². The van der Waals surface area contributed by atoms with Gasteiger partial charge in [-0.2, -0.15) is 0 Å². The highest BCUT2D eigenvalue weighted by Gasteiger charge is 2.20. The number of imidazole rings is 1. The van der Waals surface area contributed by atoms with Crippen LogP contribution in [0, 0.1) is 0 Å². The van der Waals surface area contributed by atoms with E-state index < -0.39 is 0 Å². The van der Waals surface area contributed by atoms with Gasteiger partial charge in [0.25, 0.3) is 0 Å². The van der Waals surface area contributed by atoms with Gasteiger partial charge in [0.2, 0.25) is 0 Å². The van der Waals surface area contributed by atoms with Crippen LogP contribution in [0.1, 0.15) is 38.0 Å². The lowest BCUT2D eigenvalue weighted by Crippen LogP contribution is -2.17. The van der Waals surface area contributed by atoms with E-state index in [1.807, 2.05) is 28.8 Å². The zero-order valence-corrected chi connectivity index (χ0v) is 14.6. The van der Waals surface area contributed by atoms with E-state index in [4.69, 9.17) is 4.74 Å². The van der Waals surface area contributed by atoms with Crippen LogP contribution in [-0.2, 0) is 9.53 Å². The number of rotatable bonds is 4. The smallest absolute Gasteiger partial charge is 0.165 e. The Morgan fingerprint density at radius 2 is 2.04 bits per heavy atom. The summed E-state index contributed by atoms with van der Waals surface area (Å²) in [6, 6.07) is 7.89. The van der Waals surface area contributed by atoms with E-state index in [1.54, 1.807) is 24.8 Å². The van der Waals surface area contributed by atoms with E-state index >= 15 is 0 Å². The summed E-state index contributed by atoms with van der Waals surface area (Å²) in [5.74, 6) is 0.0297. The van der Waals surface area contributed by atoms with E-state index in [9.17, 15) is 4.79 Å². The predicted molar refractivity (Wildman–Crippen MR) is 99.3 cm³/mol. The van der Waals surface area contributed by atoms with Gasteiger partial charge in [-0.1, -0.05) is 30.3 Å². The first-order chi connectivity index (χ1) is 12.7. The molecule has 2 aromatic heterocycles. The number of nitrogens with zero attached hydrogens (tertiary/aromatic N) is 4. The molecule has 6 nitrogen and oxygen atoms in total. The van der Waals surface area contributed by atoms with Crippen LogP contribution in [0.15, 0.2) is 43.0 Å². The Balaban J connectivity index is 1.68. The summed E-state index contributed by atoms with van der Waals surface area (Å²) < 4.78 is 7.87. The highest BCUT2D eigenvalue weighted by atomic mass is 16.5. The summed E-state index contributed by atoms with van der Waals surface area (Å²) in [5.41, 5.74) is 4.30. The van der Waals surface area contributed by atoms with E-state index in [1.165, 1.54) is 6.92 Å². The Kier molecular flexibility index (Phi) is 4.58. The quantitative estimate of drug-likeness (QED) is 0.671. The minimum absolute atomic E-state index is 0.00408. The van der Waals surface area contributed by atoms with Crippen molar-refractivity contribution in [3.05, 3.63) is 48.6 Å². The second-order valence-electron chi connectivity index (χ2n) is 6.43. The zero-order valence-electron chi connectivity index (χ0n) is 14.6. The third kappa shape index (κ3) is 3.28. The summed E-state index contributed by atoms with van der Waals surface area (Å²) in [7, 11) is 0. The molecule has 0 N–H and O–H groups in total. The summed E-state index contributed by atoms with van der Waals surface area (Å²) in [6.45, 7) is 2.31. The molecule has 0 bridgehead atoms. The number of allylic oxidation sites excluding steroid dienone is 1. The fourth-order valence-electron chi connectivity index (χ4n) is 3.18. The lowest BCUT2D eigenvalue weighted by atomic mass is 10.1. The van der Waals surface area contributed by atoms with Crippen LogP contribution in [0.5, 0.6) is 0 Å². The summed E-state index contributed by atoms with van der Waals surface area (Å²) >= 11 is 0. The monoisotopic (exact) mass is 348 g/mol. The molecule has 6 heteroatoms. The highest BCUT2D eigenvalue weighted by Crippen LogP contribution is 2.29. The number of fused-ring (bicyclic) bond motifs is 1. The second kappa shape index (κ2) is 7.17. The van der Waals surface area contributed by atoms with Crippen LogP contribution in [0.2, 0.25) is 0 Å². The van der Waals surface area contributed by atoms with Gasteiger partial charge in [-0.3, -0.25) is 9.36 Å². The molecule has 3 aromatic rings. The van der Waals surface area contributed by atoms with Gasteiger partial charge in [-0.05, 0) is 37.8 Å². The normalized spacial score (nSPS) is 17.8. The maximum atomic E-state index is 11.1. The van der Waals surface area contributed by atoms with Crippen molar-refractivity contribution < 1.29 is 9.53 Å². The van der Waals surface area contributed by atoms with Gasteiger partial charge in [0, 0.05) is 12.2 Å². The van der Waals surface area contributed by atoms with Crippen LogP contribution in [0.25, 0.3) is 28.5 Å². The molecule has 3 heterocycles. The number of benzene rings is 1. The first-order valence-electron chi connectivity index (χ1n) is 8.80. The number of hydrogen-bond donors (Lipinski definition) is 0. The Morgan fingerprint density at radius 3 is 2.77 bits per heavy atom. The first kappa shape index (κ1) is 16.6. The van der Waals surface area contributed by atoms with Crippen molar-refractivity contribution in [1.29, 1.82) is 0 Å². The van der Waals surface area contributed by atoms with E-state index in [-0.39, 0.29) is 12.0 Å². The number of carbonyl (C=O) groups excluding carboxylic acids is 1. The third-order valence-corrected chi connectivity index (χ3v) is 4.52. The number of aromatic nitrogens is 4. The Bertz CT molecular complexity index is 954. The summed E-state index contributed by atoms with van der Waals surface area (Å²) in [4.78, 5) is 24.5. The molecule has 4 rings (SSSR count). The van der Waals surface area contributed by atoms with Crippen LogP contribution >= 0.6 is 0 Å². The molecule has 1 aromatic carbocycles. The first-order valence-corrected chi connectivity index (χ1v) is 8.80. The van der Waals surface area contributed by atoms with Gasteiger partial charge in [0.15, 0.2) is 11.4 Å². The standard InChI is InChI=1S/C20H20N4O2/c1-14(25)5-6-15-7-9-16(10-8-15)18-19-20(22-12-21-18)24(13-23-19)17-4-2-3-11-26-17/h5-10,12-13,17H,2-4,11H2,1H3/b6-5+. The second-order valence-corrected chi connectivity index (χ2v) is 6.43. The molecule has 1 aliphatic rings. The molecule has 1 saturated heterocycles. The molecular formula is C20H20N4O2. The Labute approximate surface area is 151 Å². The predicted octanol–water partition coefficient (Wildman–Crippen LogP) is 3.79. The van der Waals surface area contributed by atoms with Gasteiger partial charge < -0.3 is 4.74 Å². The minimum atomic E-state index is -0.00408. The fourth-order valence-corrected chi connectivity index (χ4v) is 3.18.